The Morgan fingerprint density at radius 3 is 2.26 bits per heavy atom. The van der Waals surface area contributed by atoms with E-state index in [0.29, 0.717) is 10.4 Å². The highest BCUT2D eigenvalue weighted by molar-refractivity contribution is 9.10. The summed E-state index contributed by atoms with van der Waals surface area (Å²) in [5.74, 6) is 0.160. The Labute approximate surface area is 137 Å². The highest BCUT2D eigenvalue weighted by Gasteiger charge is 2.12. The van der Waals surface area contributed by atoms with Crippen LogP contribution in [0.2, 0.25) is 0 Å². The number of alkyl halides is 1. The minimum Gasteiger partial charge on any atom is -0.206 e. The summed E-state index contributed by atoms with van der Waals surface area (Å²) in [6.45, 7) is 0. The standard InChI is InChI=1S/C15H12Br3F/c16-9-12(11-2-4-13(17)5-3-11)7-10-1-6-15(19)14(18)8-10/h1-6,8,12H,7,9H2. The maximum atomic E-state index is 13.2. The average Bonchev–Trinajstić information content (AvgIpc) is 2.41. The van der Waals surface area contributed by atoms with Gasteiger partial charge in [-0.3, -0.25) is 0 Å². The molecule has 0 aliphatic carbocycles. The smallest absolute Gasteiger partial charge is 0.137 e. The van der Waals surface area contributed by atoms with Crippen LogP contribution in [0.15, 0.2) is 51.4 Å². The van der Waals surface area contributed by atoms with Crippen molar-refractivity contribution < 1.29 is 4.39 Å². The molecule has 0 nitrogen and oxygen atoms in total. The number of benzene rings is 2. The highest BCUT2D eigenvalue weighted by Crippen LogP contribution is 2.26. The van der Waals surface area contributed by atoms with E-state index < -0.39 is 0 Å². The zero-order chi connectivity index (χ0) is 13.8. The fourth-order valence-electron chi connectivity index (χ4n) is 1.95. The average molecular weight is 451 g/mol. The number of hydrogen-bond donors (Lipinski definition) is 0. The molecular formula is C15H12Br3F. The fraction of sp³-hybridized carbons (Fsp3) is 0.200. The van der Waals surface area contributed by atoms with Crippen LogP contribution in [0.1, 0.15) is 17.0 Å². The van der Waals surface area contributed by atoms with Gasteiger partial charge in [-0.05, 0) is 63.7 Å². The molecule has 0 amide bonds. The van der Waals surface area contributed by atoms with Crippen LogP contribution in [0.25, 0.3) is 0 Å². The summed E-state index contributed by atoms with van der Waals surface area (Å²) in [4.78, 5) is 0. The lowest BCUT2D eigenvalue weighted by Crippen LogP contribution is -2.04. The van der Waals surface area contributed by atoms with Gasteiger partial charge in [0.1, 0.15) is 5.82 Å². The van der Waals surface area contributed by atoms with Gasteiger partial charge in [-0.15, -0.1) is 0 Å². The van der Waals surface area contributed by atoms with Crippen LogP contribution < -0.4 is 0 Å². The molecule has 2 aromatic carbocycles. The molecule has 0 fully saturated rings. The molecular weight excluding hydrogens is 439 g/mol. The van der Waals surface area contributed by atoms with Crippen LogP contribution in [-0.4, -0.2) is 5.33 Å². The van der Waals surface area contributed by atoms with Crippen molar-refractivity contribution in [3.63, 3.8) is 0 Å². The number of halogens is 4. The molecule has 0 aliphatic heterocycles. The third-order valence-corrected chi connectivity index (χ3v) is 4.91. The highest BCUT2D eigenvalue weighted by atomic mass is 79.9. The van der Waals surface area contributed by atoms with E-state index in [1.54, 1.807) is 0 Å². The van der Waals surface area contributed by atoms with Gasteiger partial charge in [0.25, 0.3) is 0 Å². The minimum absolute atomic E-state index is 0.220. The minimum atomic E-state index is -0.220. The molecule has 2 rings (SSSR count). The van der Waals surface area contributed by atoms with Crippen molar-refractivity contribution in [1.29, 1.82) is 0 Å². The first-order valence-corrected chi connectivity index (χ1v) is 8.56. The molecule has 19 heavy (non-hydrogen) atoms. The quantitative estimate of drug-likeness (QED) is 0.496. The molecule has 2 aromatic rings. The first-order chi connectivity index (χ1) is 9.10. The zero-order valence-electron chi connectivity index (χ0n) is 10.0. The summed E-state index contributed by atoms with van der Waals surface area (Å²) >= 11 is 10.2. The van der Waals surface area contributed by atoms with Gasteiger partial charge in [0.15, 0.2) is 0 Å². The normalized spacial score (nSPS) is 12.4. The first kappa shape index (κ1) is 15.2. The monoisotopic (exact) mass is 448 g/mol. The third-order valence-electron chi connectivity index (χ3n) is 2.99. The van der Waals surface area contributed by atoms with E-state index in [9.17, 15) is 4.39 Å². The molecule has 100 valence electrons. The molecule has 0 spiro atoms. The van der Waals surface area contributed by atoms with Crippen molar-refractivity contribution in [3.8, 4) is 0 Å². The van der Waals surface area contributed by atoms with Crippen LogP contribution in [0.4, 0.5) is 4.39 Å². The summed E-state index contributed by atoms with van der Waals surface area (Å²) in [6.07, 6.45) is 0.881. The number of rotatable bonds is 4. The van der Waals surface area contributed by atoms with E-state index in [4.69, 9.17) is 0 Å². The van der Waals surface area contributed by atoms with Gasteiger partial charge in [-0.25, -0.2) is 4.39 Å². The van der Waals surface area contributed by atoms with Gasteiger partial charge >= 0.3 is 0 Å². The summed E-state index contributed by atoms with van der Waals surface area (Å²) in [7, 11) is 0. The van der Waals surface area contributed by atoms with Crippen LogP contribution in [0, 0.1) is 5.82 Å². The Hall–Kier alpha value is -0.190. The largest absolute Gasteiger partial charge is 0.206 e. The molecule has 0 N–H and O–H groups in total. The van der Waals surface area contributed by atoms with Crippen LogP contribution in [0.5, 0.6) is 0 Å². The fourth-order valence-corrected chi connectivity index (χ4v) is 3.24. The molecule has 0 aliphatic rings. The van der Waals surface area contributed by atoms with Crippen molar-refractivity contribution in [3.05, 3.63) is 68.4 Å². The van der Waals surface area contributed by atoms with E-state index in [-0.39, 0.29) is 5.82 Å². The molecule has 0 radical (unpaired) electrons. The van der Waals surface area contributed by atoms with Gasteiger partial charge < -0.3 is 0 Å². The lowest BCUT2D eigenvalue weighted by Gasteiger charge is -2.15. The molecule has 0 saturated carbocycles. The maximum absolute atomic E-state index is 13.2. The Morgan fingerprint density at radius 1 is 1.00 bits per heavy atom. The van der Waals surface area contributed by atoms with Gasteiger partial charge in [-0.1, -0.05) is 50.1 Å². The maximum Gasteiger partial charge on any atom is 0.137 e. The molecule has 0 heterocycles. The second-order valence-electron chi connectivity index (χ2n) is 4.36. The van der Waals surface area contributed by atoms with Crippen molar-refractivity contribution in [1.82, 2.24) is 0 Å². The first-order valence-electron chi connectivity index (χ1n) is 5.85. The van der Waals surface area contributed by atoms with E-state index in [0.717, 1.165) is 21.8 Å². The van der Waals surface area contributed by atoms with Crippen LogP contribution in [-0.2, 0) is 6.42 Å². The molecule has 4 heteroatoms. The van der Waals surface area contributed by atoms with Crippen molar-refractivity contribution in [2.75, 3.05) is 5.33 Å². The summed E-state index contributed by atoms with van der Waals surface area (Å²) in [5, 5.41) is 0.879. The predicted octanol–water partition coefficient (Wildman–Crippen LogP) is 6.07. The van der Waals surface area contributed by atoms with Gasteiger partial charge in [0.05, 0.1) is 4.47 Å². The summed E-state index contributed by atoms with van der Waals surface area (Å²) in [5.41, 5.74) is 2.40. The van der Waals surface area contributed by atoms with Gasteiger partial charge in [-0.2, -0.15) is 0 Å². The molecule has 0 aromatic heterocycles. The van der Waals surface area contributed by atoms with Crippen molar-refractivity contribution in [2.45, 2.75) is 12.3 Å². The number of hydrogen-bond acceptors (Lipinski definition) is 0. The van der Waals surface area contributed by atoms with Crippen molar-refractivity contribution in [2.24, 2.45) is 0 Å². The summed E-state index contributed by atoms with van der Waals surface area (Å²) < 4.78 is 14.8. The van der Waals surface area contributed by atoms with Crippen LogP contribution >= 0.6 is 47.8 Å². The van der Waals surface area contributed by atoms with Gasteiger partial charge in [0.2, 0.25) is 0 Å². The topological polar surface area (TPSA) is 0 Å². The molecule has 0 saturated heterocycles. The molecule has 0 bridgehead atoms. The van der Waals surface area contributed by atoms with E-state index in [1.165, 1.54) is 11.6 Å². The zero-order valence-corrected chi connectivity index (χ0v) is 14.8. The molecule has 1 atom stereocenters. The van der Waals surface area contributed by atoms with E-state index >= 15 is 0 Å². The predicted molar refractivity (Wildman–Crippen MR) is 88.5 cm³/mol. The van der Waals surface area contributed by atoms with Gasteiger partial charge in [0, 0.05) is 9.80 Å². The second kappa shape index (κ2) is 7.00. The second-order valence-corrected chi connectivity index (χ2v) is 6.77. The van der Waals surface area contributed by atoms with E-state index in [1.807, 2.05) is 24.3 Å². The Balaban J connectivity index is 2.18. The Kier molecular flexibility index (Phi) is 5.60. The third kappa shape index (κ3) is 4.14. The molecule has 1 unspecified atom stereocenters. The Bertz CT molecular complexity index is 552. The lowest BCUT2D eigenvalue weighted by molar-refractivity contribution is 0.619. The van der Waals surface area contributed by atoms with Crippen LogP contribution in [0.3, 0.4) is 0 Å². The van der Waals surface area contributed by atoms with Crippen molar-refractivity contribution >= 4 is 47.8 Å². The SMILES string of the molecule is Fc1ccc(CC(CBr)c2ccc(Br)cc2)cc1Br. The Morgan fingerprint density at radius 2 is 1.68 bits per heavy atom. The lowest BCUT2D eigenvalue weighted by atomic mass is 9.94. The summed E-state index contributed by atoms with van der Waals surface area (Å²) in [6, 6.07) is 13.5. The van der Waals surface area contributed by atoms with E-state index in [2.05, 4.69) is 59.9 Å².